The highest BCUT2D eigenvalue weighted by molar-refractivity contribution is 8.09. The third kappa shape index (κ3) is 21.1. The molecule has 1 aliphatic heterocycles. The smallest absolute Gasteiger partial charge is 0.385 e. The van der Waals surface area contributed by atoms with Gasteiger partial charge in [-0.3, -0.25) is 4.98 Å². The number of pyridine rings is 1. The van der Waals surface area contributed by atoms with Crippen LogP contribution in [0.1, 0.15) is 53.5 Å². The van der Waals surface area contributed by atoms with Gasteiger partial charge in [-0.1, -0.05) is 44.2 Å². The largest absolute Gasteiger partial charge is 0.415 e. The third-order valence-electron chi connectivity index (χ3n) is 6.12. The van der Waals surface area contributed by atoms with Gasteiger partial charge in [0.15, 0.2) is 0 Å². The molecule has 47 heavy (non-hydrogen) atoms. The molecule has 0 spiro atoms. The van der Waals surface area contributed by atoms with Gasteiger partial charge in [-0.05, 0) is 60.8 Å². The minimum absolute atomic E-state index is 0.469. The number of alkyl halides is 3. The van der Waals surface area contributed by atoms with E-state index in [9.17, 15) is 13.2 Å². The number of fused-ring (bicyclic) bond motifs is 1. The molecule has 1 aliphatic rings. The molecule has 0 amide bonds. The Labute approximate surface area is 289 Å². The highest BCUT2D eigenvalue weighted by atomic mass is 32.2. The minimum Gasteiger partial charge on any atom is -0.385 e. The van der Waals surface area contributed by atoms with Gasteiger partial charge in [0, 0.05) is 58.9 Å². The number of likely N-dealkylation sites (N-methyl/N-ethyl adjacent to an activating group) is 1. The summed E-state index contributed by atoms with van der Waals surface area (Å²) < 4.78 is 45.4. The van der Waals surface area contributed by atoms with Crippen LogP contribution < -0.4 is 5.73 Å². The van der Waals surface area contributed by atoms with E-state index in [1.807, 2.05) is 33.2 Å². The SMILES string of the molecule is C=C(/C=C\C)C(F)(F)F.CC=C(C)C.CCN(C)CC.CCOC.COCC1=C(c2nc3ccncc3s2)SCC(N(C)CCN)=N1. The van der Waals surface area contributed by atoms with Crippen molar-refractivity contribution in [1.29, 1.82) is 0 Å². The van der Waals surface area contributed by atoms with Crippen LogP contribution in [0.2, 0.25) is 0 Å². The summed E-state index contributed by atoms with van der Waals surface area (Å²) in [6.45, 7) is 21.8. The van der Waals surface area contributed by atoms with Gasteiger partial charge in [0.25, 0.3) is 0 Å². The van der Waals surface area contributed by atoms with Crippen LogP contribution in [0.15, 0.2) is 65.1 Å². The molecular formula is C34H57F3N6O2S2. The topological polar surface area (TPSA) is 89.1 Å². The number of amidine groups is 1. The summed E-state index contributed by atoms with van der Waals surface area (Å²) in [5.74, 6) is 1.84. The zero-order valence-electron chi connectivity index (χ0n) is 30.2. The third-order valence-corrected chi connectivity index (χ3v) is 8.39. The minimum atomic E-state index is -4.27. The quantitative estimate of drug-likeness (QED) is 0.206. The molecule has 0 saturated heterocycles. The Bertz CT molecular complexity index is 1220. The Kier molecular flexibility index (Phi) is 27.2. The second-order valence-corrected chi connectivity index (χ2v) is 12.1. The maximum Gasteiger partial charge on any atom is 0.415 e. The molecule has 268 valence electrons. The summed E-state index contributed by atoms with van der Waals surface area (Å²) in [7, 11) is 7.50. The molecular weight excluding hydrogens is 646 g/mol. The Morgan fingerprint density at radius 1 is 1.11 bits per heavy atom. The Morgan fingerprint density at radius 2 is 1.70 bits per heavy atom. The fraction of sp³-hybridized carbons (Fsp3) is 0.559. The van der Waals surface area contributed by atoms with E-state index < -0.39 is 11.7 Å². The molecule has 3 rings (SSSR count). The van der Waals surface area contributed by atoms with Crippen molar-refractivity contribution in [1.82, 2.24) is 19.8 Å². The average molecular weight is 703 g/mol. The number of nitrogens with zero attached hydrogens (tertiary/aromatic N) is 5. The molecule has 0 radical (unpaired) electrons. The van der Waals surface area contributed by atoms with Crippen LogP contribution in [0.3, 0.4) is 0 Å². The predicted molar refractivity (Wildman–Crippen MR) is 199 cm³/mol. The first-order valence-corrected chi connectivity index (χ1v) is 17.2. The molecule has 2 aromatic heterocycles. The van der Waals surface area contributed by atoms with Crippen LogP contribution in [0.5, 0.6) is 0 Å². The van der Waals surface area contributed by atoms with E-state index in [-0.39, 0.29) is 0 Å². The van der Waals surface area contributed by atoms with Gasteiger partial charge in [0.05, 0.1) is 33.2 Å². The molecule has 2 N–H and O–H groups in total. The first-order chi connectivity index (χ1) is 22.2. The molecule has 13 heteroatoms. The normalized spacial score (nSPS) is 12.5. The number of aromatic nitrogens is 2. The molecule has 0 bridgehead atoms. The van der Waals surface area contributed by atoms with Crippen LogP contribution in [-0.2, 0) is 9.47 Å². The zero-order valence-corrected chi connectivity index (χ0v) is 31.8. The van der Waals surface area contributed by atoms with Gasteiger partial charge >= 0.3 is 6.18 Å². The maximum atomic E-state index is 11.5. The van der Waals surface area contributed by atoms with E-state index in [0.717, 1.165) is 69.7 Å². The summed E-state index contributed by atoms with van der Waals surface area (Å²) in [5.41, 5.74) is 8.10. The number of aliphatic imine (C=N–C) groups is 1. The fourth-order valence-electron chi connectivity index (χ4n) is 2.79. The van der Waals surface area contributed by atoms with E-state index in [4.69, 9.17) is 20.4 Å². The van der Waals surface area contributed by atoms with Crippen molar-refractivity contribution in [2.24, 2.45) is 10.7 Å². The average Bonchev–Trinajstić information content (AvgIpc) is 3.49. The Hall–Kier alpha value is -2.55. The number of hydrogen-bond acceptors (Lipinski definition) is 10. The van der Waals surface area contributed by atoms with E-state index in [2.05, 4.69) is 66.9 Å². The van der Waals surface area contributed by atoms with Gasteiger partial charge in [-0.2, -0.15) is 13.2 Å². The number of allylic oxidation sites excluding steroid dienone is 5. The van der Waals surface area contributed by atoms with Gasteiger partial charge in [-0.15, -0.1) is 23.1 Å². The van der Waals surface area contributed by atoms with Crippen molar-refractivity contribution < 1.29 is 22.6 Å². The summed E-state index contributed by atoms with van der Waals surface area (Å²) in [6, 6.07) is 1.93. The van der Waals surface area contributed by atoms with Crippen LogP contribution >= 0.6 is 23.1 Å². The van der Waals surface area contributed by atoms with Crippen molar-refractivity contribution in [3.05, 3.63) is 65.1 Å². The lowest BCUT2D eigenvalue weighted by molar-refractivity contribution is -0.0878. The number of halogens is 3. The highest BCUT2D eigenvalue weighted by Crippen LogP contribution is 2.38. The van der Waals surface area contributed by atoms with E-state index >= 15 is 0 Å². The lowest BCUT2D eigenvalue weighted by Gasteiger charge is -2.25. The molecule has 0 aliphatic carbocycles. The predicted octanol–water partition coefficient (Wildman–Crippen LogP) is 8.31. The number of thiazole rings is 1. The lowest BCUT2D eigenvalue weighted by Crippen LogP contribution is -2.34. The number of thioether (sulfide) groups is 1. The van der Waals surface area contributed by atoms with Crippen molar-refractivity contribution in [3.63, 3.8) is 0 Å². The summed E-state index contributed by atoms with van der Waals surface area (Å²) in [4.78, 5) is 19.1. The Balaban J connectivity index is 0. The standard InChI is InChI=1S/C15H19N5OS2.C6H7F3.C5H13N.C5H10.C3H8O/c1-20(6-4-16)13-9-22-14(11(18-13)8-21-2)15-19-10-3-5-17-7-12(10)23-15;1-3-4-5(2)6(7,8)9;1-4-6(3)5-2;1-4-5(2)3;1-3-4-2/h3,5,7H,4,6,8-9,16H2,1-2H3;3-4H,2H2,1H3;4-5H2,1-3H3;4H,1-3H3;3H2,1-2H3/b;4-3-;;;. The molecule has 0 unspecified atom stereocenters. The van der Waals surface area contributed by atoms with Crippen LogP contribution in [0, 0.1) is 0 Å². The molecule has 0 aromatic carbocycles. The van der Waals surface area contributed by atoms with Gasteiger partial charge in [0.1, 0.15) is 10.8 Å². The van der Waals surface area contributed by atoms with Gasteiger partial charge in [0.2, 0.25) is 0 Å². The number of nitrogens with two attached hydrogens (primary N) is 1. The number of rotatable bonds is 9. The number of hydrogen-bond donors (Lipinski definition) is 1. The maximum absolute atomic E-state index is 11.5. The molecule has 8 nitrogen and oxygen atoms in total. The molecule has 0 atom stereocenters. The molecule has 0 fully saturated rings. The second kappa shape index (κ2) is 27.4. The highest BCUT2D eigenvalue weighted by Gasteiger charge is 2.29. The first-order valence-electron chi connectivity index (χ1n) is 15.4. The summed E-state index contributed by atoms with van der Waals surface area (Å²) >= 11 is 3.40. The first kappa shape index (κ1) is 46.6. The van der Waals surface area contributed by atoms with Gasteiger partial charge < -0.3 is 25.0 Å². The molecule has 3 heterocycles. The van der Waals surface area contributed by atoms with Crippen LogP contribution in [0.4, 0.5) is 13.2 Å². The Morgan fingerprint density at radius 3 is 2.09 bits per heavy atom. The van der Waals surface area contributed by atoms with E-state index in [1.54, 1.807) is 43.5 Å². The molecule has 2 aromatic rings. The van der Waals surface area contributed by atoms with Crippen molar-refractivity contribution in [2.75, 3.05) is 73.5 Å². The van der Waals surface area contributed by atoms with Crippen molar-refractivity contribution in [3.8, 4) is 0 Å². The summed E-state index contributed by atoms with van der Waals surface area (Å²) in [6.07, 6.45) is 3.66. The number of ether oxygens (including phenoxy) is 2. The zero-order chi connectivity index (χ0) is 36.4. The fourth-order valence-corrected chi connectivity index (χ4v) is 4.99. The van der Waals surface area contributed by atoms with Crippen molar-refractivity contribution >= 4 is 44.1 Å². The lowest BCUT2D eigenvalue weighted by atomic mass is 10.3. The number of methoxy groups -OCH3 is 2. The van der Waals surface area contributed by atoms with Crippen LogP contribution in [0.25, 0.3) is 15.1 Å². The molecule has 0 saturated carbocycles. The van der Waals surface area contributed by atoms with Crippen LogP contribution in [-0.4, -0.2) is 105 Å². The van der Waals surface area contributed by atoms with E-state index in [0.29, 0.717) is 13.2 Å². The monoisotopic (exact) mass is 702 g/mol. The van der Waals surface area contributed by atoms with Crippen molar-refractivity contribution in [2.45, 2.75) is 54.6 Å². The van der Waals surface area contributed by atoms with E-state index in [1.165, 1.54) is 18.6 Å². The second-order valence-electron chi connectivity index (χ2n) is 10.1. The summed E-state index contributed by atoms with van der Waals surface area (Å²) in [5, 5.41) is 0.981. The van der Waals surface area contributed by atoms with Gasteiger partial charge in [-0.25, -0.2) is 9.98 Å².